The molecular weight excluding hydrogens is 548 g/mol. The highest BCUT2D eigenvalue weighted by molar-refractivity contribution is 5.77. The van der Waals surface area contributed by atoms with Crippen molar-refractivity contribution >= 4 is 11.7 Å². The first-order chi connectivity index (χ1) is 19.7. The molecule has 0 N–H and O–H groups in total. The number of cyclic esters (lactones) is 1. The zero-order valence-electron chi connectivity index (χ0n) is 25.0. The van der Waals surface area contributed by atoms with Crippen LogP contribution in [0.5, 0.6) is 5.75 Å². The molecule has 9 heteroatoms. The van der Waals surface area contributed by atoms with Gasteiger partial charge in [-0.1, -0.05) is 31.5 Å². The largest absolute Gasteiger partial charge is 0.496 e. The van der Waals surface area contributed by atoms with E-state index in [-0.39, 0.29) is 5.41 Å². The average molecular weight is 589 g/mol. The predicted molar refractivity (Wildman–Crippen MR) is 154 cm³/mol. The molecule has 1 amide bonds. The van der Waals surface area contributed by atoms with Crippen molar-refractivity contribution in [3.63, 3.8) is 0 Å². The van der Waals surface area contributed by atoms with Crippen LogP contribution in [0.1, 0.15) is 80.4 Å². The van der Waals surface area contributed by atoms with Gasteiger partial charge in [0.25, 0.3) is 0 Å². The summed E-state index contributed by atoms with van der Waals surface area (Å²) in [5.74, 6) is 0.741. The number of hydrogen-bond acceptors (Lipinski definition) is 4. The minimum absolute atomic E-state index is 0.0137. The first kappa shape index (κ1) is 30.4. The van der Waals surface area contributed by atoms with Gasteiger partial charge in [0.15, 0.2) is 0 Å². The first-order valence-electron chi connectivity index (χ1n) is 14.6. The molecule has 2 fully saturated rings. The third-order valence-corrected chi connectivity index (χ3v) is 8.89. The molecule has 0 spiro atoms. The van der Waals surface area contributed by atoms with Gasteiger partial charge in [0.1, 0.15) is 18.0 Å². The highest BCUT2D eigenvalue weighted by Crippen LogP contribution is 2.46. The normalized spacial score (nSPS) is 24.8. The van der Waals surface area contributed by atoms with Crippen LogP contribution in [-0.4, -0.2) is 54.9 Å². The van der Waals surface area contributed by atoms with Crippen LogP contribution in [0.25, 0.3) is 5.57 Å². The number of amides is 1. The van der Waals surface area contributed by atoms with Crippen molar-refractivity contribution in [2.24, 2.45) is 5.41 Å². The van der Waals surface area contributed by atoms with E-state index in [2.05, 4.69) is 24.8 Å². The van der Waals surface area contributed by atoms with E-state index in [0.29, 0.717) is 37.2 Å². The highest BCUT2D eigenvalue weighted by Gasteiger charge is 2.42. The summed E-state index contributed by atoms with van der Waals surface area (Å²) >= 11 is 0. The van der Waals surface area contributed by atoms with Gasteiger partial charge in [-0.2, -0.15) is 13.2 Å². The van der Waals surface area contributed by atoms with E-state index >= 15 is 0 Å². The summed E-state index contributed by atoms with van der Waals surface area (Å²) in [7, 11) is 1.64. The van der Waals surface area contributed by atoms with E-state index in [1.54, 1.807) is 25.0 Å². The number of nitrogens with zero attached hydrogens (tertiary/aromatic N) is 2. The molecule has 3 atom stereocenters. The Morgan fingerprint density at radius 2 is 1.88 bits per heavy atom. The molecular formula is C33H40F4N2O3. The molecule has 0 saturated carbocycles. The van der Waals surface area contributed by atoms with Gasteiger partial charge < -0.3 is 9.47 Å². The molecule has 2 aromatic carbocycles. The van der Waals surface area contributed by atoms with Crippen molar-refractivity contribution in [3.05, 3.63) is 69.8 Å². The van der Waals surface area contributed by atoms with E-state index in [1.807, 2.05) is 19.1 Å². The highest BCUT2D eigenvalue weighted by atomic mass is 19.4. The second kappa shape index (κ2) is 11.5. The Balaban J connectivity index is 1.47. The molecule has 2 saturated heterocycles. The number of carbonyl (C=O) groups excluding carboxylic acids is 1. The lowest BCUT2D eigenvalue weighted by atomic mass is 9.72. The number of alkyl halides is 4. The fourth-order valence-electron chi connectivity index (χ4n) is 6.67. The van der Waals surface area contributed by atoms with E-state index in [9.17, 15) is 22.4 Å². The van der Waals surface area contributed by atoms with Gasteiger partial charge in [-0.05, 0) is 91.5 Å². The number of rotatable bonds is 7. The fourth-order valence-corrected chi connectivity index (χ4v) is 6.67. The van der Waals surface area contributed by atoms with E-state index < -0.39 is 36.2 Å². The van der Waals surface area contributed by atoms with Crippen molar-refractivity contribution in [1.29, 1.82) is 0 Å². The number of carbonyl (C=O) groups is 1. The number of benzene rings is 2. The van der Waals surface area contributed by atoms with Crippen molar-refractivity contribution in [2.45, 2.75) is 84.4 Å². The first-order valence-corrected chi connectivity index (χ1v) is 14.6. The Morgan fingerprint density at radius 3 is 2.55 bits per heavy atom. The summed E-state index contributed by atoms with van der Waals surface area (Å²) in [6.45, 7) is 9.98. The second-order valence-electron chi connectivity index (χ2n) is 12.9. The molecule has 42 heavy (non-hydrogen) atoms. The summed E-state index contributed by atoms with van der Waals surface area (Å²) in [6, 6.07) is 9.48. The maximum atomic E-state index is 13.8. The van der Waals surface area contributed by atoms with Gasteiger partial charge in [-0.15, -0.1) is 0 Å². The number of methoxy groups -OCH3 is 1. The molecule has 2 heterocycles. The van der Waals surface area contributed by atoms with Crippen LogP contribution in [0.3, 0.4) is 0 Å². The summed E-state index contributed by atoms with van der Waals surface area (Å²) in [5.41, 5.74) is 4.33. The van der Waals surface area contributed by atoms with Gasteiger partial charge in [0.2, 0.25) is 0 Å². The number of likely N-dealkylation sites (tertiary alicyclic amines) is 1. The molecule has 2 aromatic rings. The van der Waals surface area contributed by atoms with Gasteiger partial charge in [0, 0.05) is 31.7 Å². The smallest absolute Gasteiger partial charge is 0.416 e. The topological polar surface area (TPSA) is 42.0 Å². The number of hydrogen-bond donors (Lipinski definition) is 0. The van der Waals surface area contributed by atoms with Crippen LogP contribution in [-0.2, 0) is 17.5 Å². The van der Waals surface area contributed by atoms with E-state index in [4.69, 9.17) is 9.47 Å². The minimum Gasteiger partial charge on any atom is -0.496 e. The van der Waals surface area contributed by atoms with Crippen molar-refractivity contribution in [2.75, 3.05) is 26.7 Å². The third-order valence-electron chi connectivity index (χ3n) is 8.89. The molecule has 3 aliphatic rings. The zero-order chi connectivity index (χ0) is 30.4. The van der Waals surface area contributed by atoms with Crippen molar-refractivity contribution in [3.8, 4) is 5.75 Å². The van der Waals surface area contributed by atoms with Gasteiger partial charge in [0.05, 0.1) is 18.7 Å². The van der Waals surface area contributed by atoms with E-state index in [0.717, 1.165) is 66.0 Å². The third kappa shape index (κ3) is 6.46. The quantitative estimate of drug-likeness (QED) is 0.307. The molecule has 5 nitrogen and oxygen atoms in total. The zero-order valence-corrected chi connectivity index (χ0v) is 25.0. The van der Waals surface area contributed by atoms with Crippen LogP contribution in [0.4, 0.5) is 22.4 Å². The molecule has 2 aliphatic heterocycles. The lowest BCUT2D eigenvalue weighted by molar-refractivity contribution is -0.137. The lowest BCUT2D eigenvalue weighted by Gasteiger charge is -2.36. The van der Waals surface area contributed by atoms with Gasteiger partial charge in [-0.3, -0.25) is 9.80 Å². The maximum absolute atomic E-state index is 13.8. The fraction of sp³-hybridized carbons (Fsp3) is 0.545. The Kier molecular flexibility index (Phi) is 8.36. The number of halogens is 4. The Bertz CT molecular complexity index is 1370. The van der Waals surface area contributed by atoms with Crippen LogP contribution in [0, 0.1) is 12.3 Å². The van der Waals surface area contributed by atoms with Crippen LogP contribution in [0.2, 0.25) is 0 Å². The Labute approximate surface area is 245 Å². The minimum atomic E-state index is -4.49. The van der Waals surface area contributed by atoms with Crippen LogP contribution in [0.15, 0.2) is 42.0 Å². The predicted octanol–water partition coefficient (Wildman–Crippen LogP) is 8.11. The number of aryl methyl sites for hydroxylation is 1. The van der Waals surface area contributed by atoms with Gasteiger partial charge in [-0.25, -0.2) is 9.18 Å². The van der Waals surface area contributed by atoms with Crippen LogP contribution >= 0.6 is 0 Å². The number of ether oxygens (including phenoxy) is 2. The Morgan fingerprint density at radius 1 is 1.12 bits per heavy atom. The monoisotopic (exact) mass is 588 g/mol. The van der Waals surface area contributed by atoms with Crippen LogP contribution < -0.4 is 4.74 Å². The molecule has 228 valence electrons. The maximum Gasteiger partial charge on any atom is 0.416 e. The standard InChI is InChI=1S/C33H40F4N2O3/c1-20-12-23(15-25(13-20)33(35,36)37)30-21(2)39(31(40)42-30)18-24-16-32(3,4)10-8-27(24)28-14-22(6-7-29(28)41-5)17-38-11-9-26(34)19-38/h6-7,12-15,21,26,30H,8-11,16-19H2,1-5H3/t21-,26-,30-/m0/s1. The average Bonchev–Trinajstić information content (AvgIpc) is 3.44. The summed E-state index contributed by atoms with van der Waals surface area (Å²) in [6.07, 6.45) is -3.55. The lowest BCUT2D eigenvalue weighted by Crippen LogP contribution is -2.35. The molecule has 0 radical (unpaired) electrons. The summed E-state index contributed by atoms with van der Waals surface area (Å²) in [4.78, 5) is 17.0. The van der Waals surface area contributed by atoms with Crippen molar-refractivity contribution < 1.29 is 31.8 Å². The molecule has 5 rings (SSSR count). The van der Waals surface area contributed by atoms with E-state index in [1.165, 1.54) is 0 Å². The number of allylic oxidation sites excluding steroid dienone is 1. The SMILES string of the molecule is COc1ccc(CN2CC[C@H](F)C2)cc1C1=C(CN2C(=O)O[C@H](c3cc(C)cc(C(F)(F)F)c3)[C@@H]2C)CC(C)(C)CC1. The Hall–Kier alpha value is -3.07. The van der Waals surface area contributed by atoms with Gasteiger partial charge >= 0.3 is 12.3 Å². The molecule has 0 aromatic heterocycles. The second-order valence-corrected chi connectivity index (χ2v) is 12.9. The molecule has 1 aliphatic carbocycles. The summed E-state index contributed by atoms with van der Waals surface area (Å²) < 4.78 is 65.9. The van der Waals surface area contributed by atoms with Crippen molar-refractivity contribution in [1.82, 2.24) is 9.80 Å². The molecule has 0 bridgehead atoms. The molecule has 0 unspecified atom stereocenters. The summed E-state index contributed by atoms with van der Waals surface area (Å²) in [5, 5.41) is 0.